The summed E-state index contributed by atoms with van der Waals surface area (Å²) in [7, 11) is 0. The first-order chi connectivity index (χ1) is 9.65. The van der Waals surface area contributed by atoms with Gasteiger partial charge in [-0.25, -0.2) is 10.8 Å². The summed E-state index contributed by atoms with van der Waals surface area (Å²) >= 11 is 0. The van der Waals surface area contributed by atoms with Crippen LogP contribution in [0, 0.1) is 12.8 Å². The molecule has 1 aromatic rings. The number of ether oxygens (including phenoxy) is 1. The second-order valence-electron chi connectivity index (χ2n) is 5.73. The number of hydrazine groups is 1. The number of anilines is 1. The molecular weight excluding hydrogens is 252 g/mol. The van der Waals surface area contributed by atoms with Gasteiger partial charge in [-0.2, -0.15) is 4.98 Å². The van der Waals surface area contributed by atoms with Gasteiger partial charge in [0, 0.05) is 6.42 Å². The van der Waals surface area contributed by atoms with E-state index < -0.39 is 0 Å². The fraction of sp³-hybridized carbons (Fsp3) is 0.733. The second-order valence-corrected chi connectivity index (χ2v) is 5.73. The highest BCUT2D eigenvalue weighted by atomic mass is 16.5. The number of nitrogens with one attached hydrogen (secondary N) is 1. The van der Waals surface area contributed by atoms with Crippen molar-refractivity contribution in [2.45, 2.75) is 65.4 Å². The Morgan fingerprint density at radius 1 is 1.30 bits per heavy atom. The van der Waals surface area contributed by atoms with Crippen molar-refractivity contribution >= 4 is 5.82 Å². The molecule has 0 radical (unpaired) electrons. The van der Waals surface area contributed by atoms with Crippen LogP contribution in [0.5, 0.6) is 5.88 Å². The summed E-state index contributed by atoms with van der Waals surface area (Å²) in [5.41, 5.74) is 3.55. The van der Waals surface area contributed by atoms with Gasteiger partial charge in [-0.15, -0.1) is 0 Å². The lowest BCUT2D eigenvalue weighted by Gasteiger charge is -2.29. The van der Waals surface area contributed by atoms with Gasteiger partial charge in [-0.3, -0.25) is 0 Å². The summed E-state index contributed by atoms with van der Waals surface area (Å²) < 4.78 is 6.18. The van der Waals surface area contributed by atoms with E-state index in [1.807, 2.05) is 6.92 Å². The van der Waals surface area contributed by atoms with Gasteiger partial charge >= 0.3 is 0 Å². The van der Waals surface area contributed by atoms with Gasteiger partial charge in [0.25, 0.3) is 0 Å². The van der Waals surface area contributed by atoms with Gasteiger partial charge < -0.3 is 10.2 Å². The predicted molar refractivity (Wildman–Crippen MR) is 80.6 cm³/mol. The maximum atomic E-state index is 6.18. The highest BCUT2D eigenvalue weighted by molar-refractivity contribution is 5.47. The Bertz CT molecular complexity index is 450. The minimum atomic E-state index is 0.262. The molecule has 3 N–H and O–H groups in total. The SMILES string of the molecule is CCCc1nc(NN)c(C)c(OC2CCCCC2C)n1. The number of rotatable bonds is 5. The lowest BCUT2D eigenvalue weighted by atomic mass is 9.88. The third kappa shape index (κ3) is 3.39. The molecule has 0 saturated heterocycles. The lowest BCUT2D eigenvalue weighted by molar-refractivity contribution is 0.0964. The van der Waals surface area contributed by atoms with Crippen LogP contribution in [0.2, 0.25) is 0 Å². The van der Waals surface area contributed by atoms with Crippen molar-refractivity contribution < 1.29 is 4.74 Å². The summed E-state index contributed by atoms with van der Waals surface area (Å²) in [6.45, 7) is 6.33. The molecule has 1 aromatic heterocycles. The predicted octanol–water partition coefficient (Wildman–Crippen LogP) is 2.98. The van der Waals surface area contributed by atoms with Gasteiger partial charge in [0.05, 0.1) is 5.56 Å². The van der Waals surface area contributed by atoms with Crippen molar-refractivity contribution in [3.05, 3.63) is 11.4 Å². The van der Waals surface area contributed by atoms with E-state index in [1.54, 1.807) is 0 Å². The average Bonchev–Trinajstić information content (AvgIpc) is 2.45. The Morgan fingerprint density at radius 3 is 2.70 bits per heavy atom. The zero-order chi connectivity index (χ0) is 14.5. The van der Waals surface area contributed by atoms with E-state index in [9.17, 15) is 0 Å². The Morgan fingerprint density at radius 2 is 2.05 bits per heavy atom. The monoisotopic (exact) mass is 278 g/mol. The van der Waals surface area contributed by atoms with E-state index in [4.69, 9.17) is 10.6 Å². The number of hydrogen-bond acceptors (Lipinski definition) is 5. The highest BCUT2D eigenvalue weighted by Gasteiger charge is 2.24. The molecule has 5 nitrogen and oxygen atoms in total. The van der Waals surface area contributed by atoms with Crippen molar-refractivity contribution in [1.82, 2.24) is 9.97 Å². The first-order valence-corrected chi connectivity index (χ1v) is 7.66. The molecule has 0 bridgehead atoms. The molecule has 0 spiro atoms. The second kappa shape index (κ2) is 6.88. The van der Waals surface area contributed by atoms with E-state index in [-0.39, 0.29) is 6.10 Å². The number of nitrogens with zero attached hydrogens (tertiary/aromatic N) is 2. The molecule has 112 valence electrons. The van der Waals surface area contributed by atoms with Crippen LogP contribution < -0.4 is 16.0 Å². The molecule has 1 saturated carbocycles. The Hall–Kier alpha value is -1.36. The number of nitrogen functional groups attached to an aromatic ring is 1. The molecule has 20 heavy (non-hydrogen) atoms. The van der Waals surface area contributed by atoms with Crippen LogP contribution in [-0.4, -0.2) is 16.1 Å². The van der Waals surface area contributed by atoms with Crippen LogP contribution in [0.3, 0.4) is 0 Å². The van der Waals surface area contributed by atoms with E-state index in [2.05, 4.69) is 29.2 Å². The molecule has 5 heteroatoms. The summed E-state index contributed by atoms with van der Waals surface area (Å²) in [5.74, 6) is 8.29. The maximum absolute atomic E-state index is 6.18. The molecule has 0 amide bonds. The largest absolute Gasteiger partial charge is 0.474 e. The topological polar surface area (TPSA) is 73.1 Å². The fourth-order valence-electron chi connectivity index (χ4n) is 2.73. The van der Waals surface area contributed by atoms with Gasteiger partial charge in [0.2, 0.25) is 5.88 Å². The minimum absolute atomic E-state index is 0.262. The quantitative estimate of drug-likeness (QED) is 0.640. The van der Waals surface area contributed by atoms with Crippen molar-refractivity contribution in [3.63, 3.8) is 0 Å². The first-order valence-electron chi connectivity index (χ1n) is 7.66. The van der Waals surface area contributed by atoms with Gasteiger partial charge in [0.15, 0.2) is 0 Å². The highest BCUT2D eigenvalue weighted by Crippen LogP contribution is 2.30. The van der Waals surface area contributed by atoms with Crippen molar-refractivity contribution in [2.75, 3.05) is 5.43 Å². The lowest BCUT2D eigenvalue weighted by Crippen LogP contribution is -2.29. The van der Waals surface area contributed by atoms with Gasteiger partial charge in [0.1, 0.15) is 17.7 Å². The molecule has 2 atom stereocenters. The Kier molecular flexibility index (Phi) is 5.17. The summed E-state index contributed by atoms with van der Waals surface area (Å²) in [5, 5.41) is 0. The maximum Gasteiger partial charge on any atom is 0.222 e. The van der Waals surface area contributed by atoms with E-state index >= 15 is 0 Å². The zero-order valence-electron chi connectivity index (χ0n) is 12.8. The summed E-state index contributed by atoms with van der Waals surface area (Å²) in [6, 6.07) is 0. The Labute approximate surface area is 121 Å². The van der Waals surface area contributed by atoms with Crippen molar-refractivity contribution in [2.24, 2.45) is 11.8 Å². The molecule has 1 aliphatic carbocycles. The number of aromatic nitrogens is 2. The van der Waals surface area contributed by atoms with Crippen LogP contribution >= 0.6 is 0 Å². The van der Waals surface area contributed by atoms with E-state index in [0.29, 0.717) is 17.6 Å². The first kappa shape index (κ1) is 15.0. The van der Waals surface area contributed by atoms with E-state index in [1.165, 1.54) is 19.3 Å². The number of nitrogens with two attached hydrogens (primary N) is 1. The van der Waals surface area contributed by atoms with Crippen LogP contribution in [0.15, 0.2) is 0 Å². The smallest absolute Gasteiger partial charge is 0.222 e. The van der Waals surface area contributed by atoms with Crippen LogP contribution in [0.4, 0.5) is 5.82 Å². The van der Waals surface area contributed by atoms with E-state index in [0.717, 1.165) is 30.7 Å². The van der Waals surface area contributed by atoms with Crippen LogP contribution in [0.25, 0.3) is 0 Å². The molecule has 2 unspecified atom stereocenters. The zero-order valence-corrected chi connectivity index (χ0v) is 12.8. The van der Waals surface area contributed by atoms with Crippen LogP contribution in [-0.2, 0) is 6.42 Å². The summed E-state index contributed by atoms with van der Waals surface area (Å²) in [6.07, 6.45) is 7.00. The molecule has 1 fully saturated rings. The Balaban J connectivity index is 2.22. The third-order valence-corrected chi connectivity index (χ3v) is 4.05. The minimum Gasteiger partial charge on any atom is -0.474 e. The molecule has 1 aliphatic rings. The van der Waals surface area contributed by atoms with Gasteiger partial charge in [-0.05, 0) is 38.5 Å². The third-order valence-electron chi connectivity index (χ3n) is 4.05. The molecule has 0 aromatic carbocycles. The fourth-order valence-corrected chi connectivity index (χ4v) is 2.73. The normalized spacial score (nSPS) is 22.6. The van der Waals surface area contributed by atoms with Crippen LogP contribution in [0.1, 0.15) is 57.3 Å². The molecule has 2 rings (SSSR count). The standard InChI is InChI=1S/C15H26N4O/c1-4-7-13-17-14(19-16)11(3)15(18-13)20-12-9-6-5-8-10(12)2/h10,12H,4-9,16H2,1-3H3,(H,17,18,19). The molecule has 1 heterocycles. The number of hydrogen-bond donors (Lipinski definition) is 2. The van der Waals surface area contributed by atoms with Crippen molar-refractivity contribution in [3.8, 4) is 5.88 Å². The molecule has 0 aliphatic heterocycles. The molecular formula is C15H26N4O. The number of aryl methyl sites for hydroxylation is 1. The average molecular weight is 278 g/mol. The summed E-state index contributed by atoms with van der Waals surface area (Å²) in [4.78, 5) is 9.00. The van der Waals surface area contributed by atoms with Crippen molar-refractivity contribution in [1.29, 1.82) is 0 Å². The van der Waals surface area contributed by atoms with Gasteiger partial charge in [-0.1, -0.05) is 20.3 Å².